The van der Waals surface area contributed by atoms with Crippen LogP contribution in [0, 0.1) is 5.92 Å². The first-order valence-corrected chi connectivity index (χ1v) is 8.40. The molecule has 2 aromatic heterocycles. The highest BCUT2D eigenvalue weighted by Gasteiger charge is 2.25. The van der Waals surface area contributed by atoms with E-state index in [1.807, 2.05) is 0 Å². The molecule has 0 aliphatic heterocycles. The molecule has 0 radical (unpaired) electrons. The number of aromatic nitrogens is 2. The Morgan fingerprint density at radius 1 is 1.29 bits per heavy atom. The zero-order valence-electron chi connectivity index (χ0n) is 11.8. The number of carbonyl (C=O) groups is 1. The van der Waals surface area contributed by atoms with E-state index in [4.69, 9.17) is 5.73 Å². The van der Waals surface area contributed by atoms with Crippen molar-refractivity contribution >= 4 is 33.1 Å². The molecular weight excluding hydrogens is 284 g/mol. The molecule has 4 rings (SSSR count). The second-order valence-electron chi connectivity index (χ2n) is 6.01. The average Bonchev–Trinajstić information content (AvgIpc) is 3.27. The maximum absolute atomic E-state index is 12.3. The van der Waals surface area contributed by atoms with Crippen LogP contribution in [0.4, 0.5) is 5.69 Å². The molecule has 5 nitrogen and oxygen atoms in total. The van der Waals surface area contributed by atoms with Gasteiger partial charge in [0.15, 0.2) is 0 Å². The molecule has 1 amide bonds. The molecule has 0 atom stereocenters. The lowest BCUT2D eigenvalue weighted by molar-refractivity contribution is 0.0956. The summed E-state index contributed by atoms with van der Waals surface area (Å²) in [6.07, 6.45) is 6.72. The number of anilines is 1. The number of thiophene rings is 1. The van der Waals surface area contributed by atoms with E-state index in [2.05, 4.69) is 15.5 Å². The minimum absolute atomic E-state index is 0.0630. The summed E-state index contributed by atoms with van der Waals surface area (Å²) in [6, 6.07) is 0. The number of nitrogens with two attached hydrogens (primary N) is 1. The number of nitrogens with zero attached hydrogens (tertiary/aromatic N) is 2. The molecule has 21 heavy (non-hydrogen) atoms. The van der Waals surface area contributed by atoms with Crippen molar-refractivity contribution in [3.8, 4) is 0 Å². The van der Waals surface area contributed by atoms with Gasteiger partial charge in [0.1, 0.15) is 9.71 Å². The van der Waals surface area contributed by atoms with Gasteiger partial charge in [0.25, 0.3) is 5.91 Å². The Labute approximate surface area is 126 Å². The summed E-state index contributed by atoms with van der Waals surface area (Å²) in [4.78, 5) is 13.7. The highest BCUT2D eigenvalue weighted by atomic mass is 32.1. The van der Waals surface area contributed by atoms with E-state index in [0.717, 1.165) is 48.1 Å². The molecule has 2 heterocycles. The van der Waals surface area contributed by atoms with E-state index < -0.39 is 0 Å². The first kappa shape index (κ1) is 13.0. The number of carbonyl (C=O) groups excluding carboxylic acids is 1. The van der Waals surface area contributed by atoms with Crippen molar-refractivity contribution in [3.05, 3.63) is 16.1 Å². The molecule has 0 unspecified atom stereocenters. The topological polar surface area (TPSA) is 80.9 Å². The zero-order valence-corrected chi connectivity index (χ0v) is 12.6. The third-order valence-electron chi connectivity index (χ3n) is 4.38. The van der Waals surface area contributed by atoms with Gasteiger partial charge in [-0.2, -0.15) is 5.10 Å². The first-order valence-electron chi connectivity index (χ1n) is 7.58. The standard InChI is InChI=1S/C15H18N4OS/c16-12-11-9-3-1-2-4-10(9)18-19-15(11)21-13(12)14(20)17-7-8-5-6-8/h8H,1-7,16H2,(H,17,20). The Morgan fingerprint density at radius 2 is 2.10 bits per heavy atom. The molecule has 6 heteroatoms. The van der Waals surface area contributed by atoms with Gasteiger partial charge < -0.3 is 11.1 Å². The summed E-state index contributed by atoms with van der Waals surface area (Å²) in [5, 5.41) is 12.6. The molecule has 3 N–H and O–H groups in total. The number of hydrogen-bond donors (Lipinski definition) is 2. The van der Waals surface area contributed by atoms with Crippen LogP contribution in [0.25, 0.3) is 10.2 Å². The molecular formula is C15H18N4OS. The largest absolute Gasteiger partial charge is 0.397 e. The number of rotatable bonds is 3. The van der Waals surface area contributed by atoms with Crippen molar-refractivity contribution in [2.24, 2.45) is 5.92 Å². The van der Waals surface area contributed by atoms with E-state index in [1.54, 1.807) is 0 Å². The second kappa shape index (κ2) is 4.94. The summed E-state index contributed by atoms with van der Waals surface area (Å²) in [7, 11) is 0. The van der Waals surface area contributed by atoms with Gasteiger partial charge in [0.2, 0.25) is 0 Å². The van der Waals surface area contributed by atoms with E-state index in [0.29, 0.717) is 16.5 Å². The van der Waals surface area contributed by atoms with Gasteiger partial charge in [-0.3, -0.25) is 4.79 Å². The number of nitrogen functional groups attached to an aromatic ring is 1. The van der Waals surface area contributed by atoms with Crippen molar-refractivity contribution in [2.75, 3.05) is 12.3 Å². The van der Waals surface area contributed by atoms with Crippen molar-refractivity contribution < 1.29 is 4.79 Å². The number of nitrogens with one attached hydrogen (secondary N) is 1. The van der Waals surface area contributed by atoms with Crippen LogP contribution in [0.1, 0.15) is 46.6 Å². The summed E-state index contributed by atoms with van der Waals surface area (Å²) < 4.78 is 0. The lowest BCUT2D eigenvalue weighted by Gasteiger charge is -2.14. The normalized spacial score (nSPS) is 17.7. The third kappa shape index (κ3) is 2.27. The fraction of sp³-hybridized carbons (Fsp3) is 0.533. The predicted octanol–water partition coefficient (Wildman–Crippen LogP) is 2.29. The Kier molecular flexibility index (Phi) is 3.06. The van der Waals surface area contributed by atoms with Crippen LogP contribution in [0.5, 0.6) is 0 Å². The van der Waals surface area contributed by atoms with Gasteiger partial charge >= 0.3 is 0 Å². The average molecular weight is 302 g/mol. The van der Waals surface area contributed by atoms with Crippen molar-refractivity contribution in [1.82, 2.24) is 15.5 Å². The summed E-state index contributed by atoms with van der Waals surface area (Å²) >= 11 is 1.37. The van der Waals surface area contributed by atoms with Gasteiger partial charge in [0, 0.05) is 11.9 Å². The maximum Gasteiger partial charge on any atom is 0.263 e. The minimum atomic E-state index is -0.0630. The van der Waals surface area contributed by atoms with Crippen LogP contribution in [0.15, 0.2) is 0 Å². The molecule has 2 aliphatic carbocycles. The second-order valence-corrected chi connectivity index (χ2v) is 7.01. The Morgan fingerprint density at radius 3 is 2.90 bits per heavy atom. The van der Waals surface area contributed by atoms with Crippen LogP contribution in [0.2, 0.25) is 0 Å². The number of amides is 1. The molecule has 110 valence electrons. The molecule has 2 aliphatic rings. The SMILES string of the molecule is Nc1c(C(=O)NCC2CC2)sc2nnc3c(c12)CCCC3. The highest BCUT2D eigenvalue weighted by molar-refractivity contribution is 7.21. The fourth-order valence-corrected chi connectivity index (χ4v) is 3.96. The van der Waals surface area contributed by atoms with Crippen LogP contribution >= 0.6 is 11.3 Å². The van der Waals surface area contributed by atoms with E-state index in [1.165, 1.54) is 29.7 Å². The lowest BCUT2D eigenvalue weighted by Crippen LogP contribution is -2.25. The van der Waals surface area contributed by atoms with Gasteiger partial charge in [-0.1, -0.05) is 0 Å². The Bertz CT molecular complexity index is 720. The van der Waals surface area contributed by atoms with E-state index in [-0.39, 0.29) is 5.91 Å². The quantitative estimate of drug-likeness (QED) is 0.911. The van der Waals surface area contributed by atoms with Crippen LogP contribution in [-0.2, 0) is 12.8 Å². The molecule has 1 fully saturated rings. The molecule has 0 bridgehead atoms. The van der Waals surface area contributed by atoms with Crippen molar-refractivity contribution in [2.45, 2.75) is 38.5 Å². The smallest absolute Gasteiger partial charge is 0.263 e. The number of hydrogen-bond acceptors (Lipinski definition) is 5. The van der Waals surface area contributed by atoms with Gasteiger partial charge in [-0.25, -0.2) is 0 Å². The zero-order chi connectivity index (χ0) is 14.4. The van der Waals surface area contributed by atoms with Crippen molar-refractivity contribution in [3.63, 3.8) is 0 Å². The van der Waals surface area contributed by atoms with Crippen LogP contribution in [-0.4, -0.2) is 22.6 Å². The monoisotopic (exact) mass is 302 g/mol. The fourth-order valence-electron chi connectivity index (χ4n) is 2.98. The number of aryl methyl sites for hydroxylation is 2. The summed E-state index contributed by atoms with van der Waals surface area (Å²) in [5.74, 6) is 0.601. The molecule has 0 aromatic carbocycles. The lowest BCUT2D eigenvalue weighted by atomic mass is 9.94. The molecule has 0 spiro atoms. The van der Waals surface area contributed by atoms with E-state index >= 15 is 0 Å². The predicted molar refractivity (Wildman–Crippen MR) is 83.5 cm³/mol. The summed E-state index contributed by atoms with van der Waals surface area (Å²) in [6.45, 7) is 0.760. The molecule has 0 saturated heterocycles. The van der Waals surface area contributed by atoms with E-state index in [9.17, 15) is 4.79 Å². The van der Waals surface area contributed by atoms with Crippen LogP contribution < -0.4 is 11.1 Å². The van der Waals surface area contributed by atoms with Crippen molar-refractivity contribution in [1.29, 1.82) is 0 Å². The summed E-state index contributed by atoms with van der Waals surface area (Å²) in [5.41, 5.74) is 9.13. The van der Waals surface area contributed by atoms with Gasteiger partial charge in [-0.05, 0) is 50.0 Å². The van der Waals surface area contributed by atoms with Gasteiger partial charge in [0.05, 0.1) is 11.4 Å². The Balaban J connectivity index is 1.73. The highest BCUT2D eigenvalue weighted by Crippen LogP contribution is 2.37. The van der Waals surface area contributed by atoms with Gasteiger partial charge in [-0.15, -0.1) is 16.4 Å². The molecule has 1 saturated carbocycles. The third-order valence-corrected chi connectivity index (χ3v) is 5.47. The first-order chi connectivity index (χ1) is 10.2. The van der Waals surface area contributed by atoms with Crippen LogP contribution in [0.3, 0.4) is 0 Å². The Hall–Kier alpha value is -1.69. The maximum atomic E-state index is 12.3. The number of fused-ring (bicyclic) bond motifs is 3. The minimum Gasteiger partial charge on any atom is -0.397 e. The molecule has 2 aromatic rings.